The number of ether oxygens (including phenoxy) is 2. The van der Waals surface area contributed by atoms with Crippen molar-refractivity contribution in [1.82, 2.24) is 0 Å². The third-order valence-electron chi connectivity index (χ3n) is 2.21. The summed E-state index contributed by atoms with van der Waals surface area (Å²) in [6.07, 6.45) is -10.6. The molecule has 23 heavy (non-hydrogen) atoms. The van der Waals surface area contributed by atoms with Gasteiger partial charge in [-0.3, -0.25) is 4.79 Å². The first kappa shape index (κ1) is 18.5. The van der Waals surface area contributed by atoms with Crippen LogP contribution in [0, 0.1) is 0 Å². The van der Waals surface area contributed by atoms with E-state index in [1.807, 2.05) is 0 Å². The Morgan fingerprint density at radius 1 is 0.870 bits per heavy atom. The molecule has 0 saturated heterocycles. The second-order valence-corrected chi connectivity index (χ2v) is 3.99. The van der Waals surface area contributed by atoms with Crippen molar-refractivity contribution in [3.63, 3.8) is 0 Å². The largest absolute Gasteiger partial charge is 0.491 e. The normalized spacial score (nSPS) is 11.8. The maximum atomic E-state index is 12.1. The zero-order chi connectivity index (χ0) is 18.0. The molecule has 0 radical (unpaired) electrons. The minimum atomic E-state index is -5.34. The van der Waals surface area contributed by atoms with Crippen LogP contribution in [0.15, 0.2) is 18.2 Å². The monoisotopic (exact) mass is 344 g/mol. The van der Waals surface area contributed by atoms with Crippen molar-refractivity contribution in [1.29, 1.82) is 0 Å². The van der Waals surface area contributed by atoms with Gasteiger partial charge in [0.1, 0.15) is 11.5 Å². The molecule has 0 unspecified atom stereocenters. The zero-order valence-corrected chi connectivity index (χ0v) is 11.0. The number of hydrogen-bond acceptors (Lipinski definition) is 5. The Hall–Kier alpha value is -2.59. The summed E-state index contributed by atoms with van der Waals surface area (Å²) in [5.41, 5.74) is -0.671. The number of ketones is 1. The Morgan fingerprint density at radius 2 is 1.35 bits per heavy atom. The number of benzene rings is 1. The number of alkyl halides is 6. The Labute approximate surface area is 123 Å². The first-order valence-corrected chi connectivity index (χ1v) is 5.55. The SMILES string of the molecule is CC(=O)c1cc(OC(=O)C(F)(F)F)ccc1OC(=O)C(F)(F)F. The highest BCUT2D eigenvalue weighted by molar-refractivity contribution is 5.98. The van der Waals surface area contributed by atoms with Crippen molar-refractivity contribution in [3.05, 3.63) is 23.8 Å². The average molecular weight is 344 g/mol. The Balaban J connectivity index is 3.11. The van der Waals surface area contributed by atoms with E-state index in [2.05, 4.69) is 9.47 Å². The van der Waals surface area contributed by atoms with Crippen LogP contribution in [0.2, 0.25) is 0 Å². The number of hydrogen-bond donors (Lipinski definition) is 0. The fourth-order valence-corrected chi connectivity index (χ4v) is 1.26. The van der Waals surface area contributed by atoms with E-state index in [1.54, 1.807) is 0 Å². The van der Waals surface area contributed by atoms with Crippen LogP contribution in [-0.4, -0.2) is 30.1 Å². The van der Waals surface area contributed by atoms with Crippen LogP contribution >= 0.6 is 0 Å². The molecule has 0 saturated carbocycles. The Bertz CT molecular complexity index is 646. The van der Waals surface area contributed by atoms with E-state index in [9.17, 15) is 40.7 Å². The molecule has 1 aromatic rings. The van der Waals surface area contributed by atoms with Crippen molar-refractivity contribution >= 4 is 17.7 Å². The second-order valence-electron chi connectivity index (χ2n) is 3.99. The van der Waals surface area contributed by atoms with Crippen LogP contribution in [0.1, 0.15) is 17.3 Å². The van der Waals surface area contributed by atoms with Crippen LogP contribution in [0.3, 0.4) is 0 Å². The molecule has 0 aliphatic rings. The minimum Gasteiger partial charge on any atom is -0.420 e. The van der Waals surface area contributed by atoms with Crippen LogP contribution in [0.5, 0.6) is 11.5 Å². The lowest BCUT2D eigenvalue weighted by Gasteiger charge is -2.12. The van der Waals surface area contributed by atoms with Crippen molar-refractivity contribution in [2.75, 3.05) is 0 Å². The molecule has 0 amide bonds. The van der Waals surface area contributed by atoms with Gasteiger partial charge in [0.25, 0.3) is 0 Å². The lowest BCUT2D eigenvalue weighted by atomic mass is 10.1. The van der Waals surface area contributed by atoms with Gasteiger partial charge in [-0.15, -0.1) is 0 Å². The smallest absolute Gasteiger partial charge is 0.420 e. The summed E-state index contributed by atoms with van der Waals surface area (Å²) in [7, 11) is 0. The van der Waals surface area contributed by atoms with Crippen LogP contribution < -0.4 is 9.47 Å². The number of halogens is 6. The van der Waals surface area contributed by atoms with E-state index < -0.39 is 47.1 Å². The van der Waals surface area contributed by atoms with Gasteiger partial charge in [-0.2, -0.15) is 26.3 Å². The van der Waals surface area contributed by atoms with Gasteiger partial charge in [0, 0.05) is 0 Å². The molecule has 0 aromatic heterocycles. The van der Waals surface area contributed by atoms with Gasteiger partial charge in [-0.25, -0.2) is 9.59 Å². The second kappa shape index (κ2) is 6.26. The third-order valence-corrected chi connectivity index (χ3v) is 2.21. The molecule has 0 atom stereocenters. The van der Waals surface area contributed by atoms with Gasteiger partial charge in [-0.05, 0) is 25.1 Å². The molecule has 0 spiro atoms. The highest BCUT2D eigenvalue weighted by Gasteiger charge is 2.42. The molecule has 126 valence electrons. The number of esters is 2. The summed E-state index contributed by atoms with van der Waals surface area (Å²) in [6, 6.07) is 1.78. The summed E-state index contributed by atoms with van der Waals surface area (Å²) in [6.45, 7) is 0.857. The molecule has 0 bridgehead atoms. The van der Waals surface area contributed by atoms with E-state index in [4.69, 9.17) is 0 Å². The van der Waals surface area contributed by atoms with E-state index >= 15 is 0 Å². The predicted octanol–water partition coefficient (Wildman–Crippen LogP) is 2.82. The van der Waals surface area contributed by atoms with Gasteiger partial charge in [0.05, 0.1) is 5.56 Å². The molecule has 0 fully saturated rings. The van der Waals surface area contributed by atoms with Crippen molar-refractivity contribution in [2.45, 2.75) is 19.3 Å². The first-order chi connectivity index (χ1) is 10.3. The van der Waals surface area contributed by atoms with Gasteiger partial charge in [-0.1, -0.05) is 0 Å². The lowest BCUT2D eigenvalue weighted by molar-refractivity contribution is -0.190. The molecule has 1 aromatic carbocycles. The summed E-state index contributed by atoms with van der Waals surface area (Å²) >= 11 is 0. The molecule has 0 N–H and O–H groups in total. The summed E-state index contributed by atoms with van der Waals surface area (Å²) in [5, 5.41) is 0. The highest BCUT2D eigenvalue weighted by atomic mass is 19.4. The number of rotatable bonds is 3. The maximum absolute atomic E-state index is 12.1. The van der Waals surface area contributed by atoms with Gasteiger partial charge >= 0.3 is 24.3 Å². The fraction of sp³-hybridized carbons (Fsp3) is 0.250. The highest BCUT2D eigenvalue weighted by Crippen LogP contribution is 2.28. The molecular formula is C12H6F6O5. The van der Waals surface area contributed by atoms with E-state index in [1.165, 1.54) is 0 Å². The van der Waals surface area contributed by atoms with E-state index in [0.717, 1.165) is 6.92 Å². The summed E-state index contributed by atoms with van der Waals surface area (Å²) < 4.78 is 80.3. The zero-order valence-electron chi connectivity index (χ0n) is 11.0. The van der Waals surface area contributed by atoms with Gasteiger partial charge in [0.2, 0.25) is 0 Å². The molecule has 11 heteroatoms. The third kappa shape index (κ3) is 4.97. The van der Waals surface area contributed by atoms with Crippen molar-refractivity contribution in [2.24, 2.45) is 0 Å². The van der Waals surface area contributed by atoms with E-state index in [0.29, 0.717) is 18.2 Å². The van der Waals surface area contributed by atoms with Crippen LogP contribution in [-0.2, 0) is 9.59 Å². The van der Waals surface area contributed by atoms with Crippen molar-refractivity contribution < 1.29 is 50.2 Å². The molecule has 0 aliphatic carbocycles. The maximum Gasteiger partial charge on any atom is 0.491 e. The number of Topliss-reactive ketones (excluding diaryl/α,β-unsaturated/α-hetero) is 1. The summed E-state index contributed by atoms with van der Waals surface area (Å²) in [4.78, 5) is 32.7. The van der Waals surface area contributed by atoms with Crippen LogP contribution in [0.25, 0.3) is 0 Å². The number of carbonyl (C=O) groups excluding carboxylic acids is 3. The molecule has 0 heterocycles. The Kier molecular flexibility index (Phi) is 5.03. The predicted molar refractivity (Wildman–Crippen MR) is 59.8 cm³/mol. The van der Waals surface area contributed by atoms with Gasteiger partial charge < -0.3 is 9.47 Å². The average Bonchev–Trinajstić information content (AvgIpc) is 2.37. The topological polar surface area (TPSA) is 69.7 Å². The molecular weight excluding hydrogens is 338 g/mol. The van der Waals surface area contributed by atoms with Crippen molar-refractivity contribution in [3.8, 4) is 11.5 Å². The van der Waals surface area contributed by atoms with Crippen LogP contribution in [0.4, 0.5) is 26.3 Å². The molecule has 0 aliphatic heterocycles. The summed E-state index contributed by atoms with van der Waals surface area (Å²) in [5.74, 6) is -7.75. The molecule has 1 rings (SSSR count). The Morgan fingerprint density at radius 3 is 1.78 bits per heavy atom. The minimum absolute atomic E-state index is 0.547. The number of carbonyl (C=O) groups is 3. The van der Waals surface area contributed by atoms with E-state index in [-0.39, 0.29) is 0 Å². The first-order valence-electron chi connectivity index (χ1n) is 5.55. The quantitative estimate of drug-likeness (QED) is 0.365. The fourth-order valence-electron chi connectivity index (χ4n) is 1.26. The molecule has 5 nitrogen and oxygen atoms in total. The standard InChI is InChI=1S/C12H6F6O5/c1-5(19)7-4-6(22-9(20)11(13,14)15)2-3-8(7)23-10(21)12(16,17)18/h2-4H,1H3. The van der Waals surface area contributed by atoms with Gasteiger partial charge in [0.15, 0.2) is 5.78 Å². The lowest BCUT2D eigenvalue weighted by Crippen LogP contribution is -2.29.